The molecule has 0 saturated carbocycles. The first kappa shape index (κ1) is 17.2. The zero-order valence-electron chi connectivity index (χ0n) is 12.1. The van der Waals surface area contributed by atoms with Crippen LogP contribution in [0.3, 0.4) is 0 Å². The molecular formula is C12H14F3N5O2S. The van der Waals surface area contributed by atoms with Gasteiger partial charge in [-0.3, -0.25) is 0 Å². The minimum Gasteiger partial charge on any atom is -0.450 e. The number of rotatable bonds is 2. The Morgan fingerprint density at radius 2 is 2.17 bits per heavy atom. The number of carbonyl (C=O) groups is 1. The minimum absolute atomic E-state index is 0.140. The van der Waals surface area contributed by atoms with Crippen molar-refractivity contribution in [1.29, 1.82) is 0 Å². The van der Waals surface area contributed by atoms with Crippen LogP contribution >= 0.6 is 12.2 Å². The monoisotopic (exact) mass is 349 g/mol. The van der Waals surface area contributed by atoms with Crippen molar-refractivity contribution >= 4 is 29.4 Å². The fourth-order valence-corrected chi connectivity index (χ4v) is 2.28. The molecule has 0 radical (unpaired) electrons. The third-order valence-corrected chi connectivity index (χ3v) is 3.19. The summed E-state index contributed by atoms with van der Waals surface area (Å²) in [5.74, 6) is -0.312. The second-order valence-electron chi connectivity index (χ2n) is 4.68. The van der Waals surface area contributed by atoms with Crippen LogP contribution in [0.25, 0.3) is 0 Å². The van der Waals surface area contributed by atoms with E-state index in [1.807, 2.05) is 0 Å². The van der Waals surface area contributed by atoms with E-state index in [0.717, 1.165) is 0 Å². The molecule has 0 aliphatic carbocycles. The van der Waals surface area contributed by atoms with Crippen LogP contribution < -0.4 is 11.1 Å². The Bertz CT molecular complexity index is 638. The molecule has 7 nitrogen and oxygen atoms in total. The first-order chi connectivity index (χ1) is 10.7. The molecule has 0 saturated heterocycles. The summed E-state index contributed by atoms with van der Waals surface area (Å²) in [7, 11) is 0. The largest absolute Gasteiger partial charge is 0.450 e. The van der Waals surface area contributed by atoms with Crippen LogP contribution in [0.5, 0.6) is 0 Å². The summed E-state index contributed by atoms with van der Waals surface area (Å²) >= 11 is 4.59. The topological polar surface area (TPSA) is 93.4 Å². The second kappa shape index (κ2) is 6.52. The third kappa shape index (κ3) is 3.97. The Balaban J connectivity index is 2.41. The summed E-state index contributed by atoms with van der Waals surface area (Å²) < 4.78 is 44.6. The number of thiocarbonyl (C=S) groups is 1. The zero-order chi connectivity index (χ0) is 17.2. The van der Waals surface area contributed by atoms with Crippen molar-refractivity contribution < 1.29 is 22.7 Å². The summed E-state index contributed by atoms with van der Waals surface area (Å²) in [5.41, 5.74) is 4.18. The number of nitrogens with two attached hydrogens (primary N) is 1. The molecule has 0 aromatic carbocycles. The molecule has 11 heteroatoms. The van der Waals surface area contributed by atoms with E-state index in [0.29, 0.717) is 0 Å². The van der Waals surface area contributed by atoms with E-state index in [-0.39, 0.29) is 48.4 Å². The van der Waals surface area contributed by atoms with Gasteiger partial charge in [-0.25, -0.2) is 14.8 Å². The lowest BCUT2D eigenvalue weighted by molar-refractivity contribution is -0.142. The van der Waals surface area contributed by atoms with Gasteiger partial charge in [0.2, 0.25) is 5.95 Å². The van der Waals surface area contributed by atoms with E-state index in [1.54, 1.807) is 6.92 Å². The lowest BCUT2D eigenvalue weighted by atomic mass is 10.0. The van der Waals surface area contributed by atoms with Crippen molar-refractivity contribution in [3.63, 3.8) is 0 Å². The van der Waals surface area contributed by atoms with Gasteiger partial charge in [-0.2, -0.15) is 13.2 Å². The number of anilines is 1. The first-order valence-electron chi connectivity index (χ1n) is 6.67. The number of hydrogen-bond donors (Lipinski definition) is 2. The number of alkyl halides is 3. The van der Waals surface area contributed by atoms with E-state index < -0.39 is 18.0 Å². The number of amides is 1. The Morgan fingerprint density at radius 3 is 2.74 bits per heavy atom. The molecule has 0 atom stereocenters. The minimum atomic E-state index is -4.70. The Hall–Kier alpha value is -2.17. The quantitative estimate of drug-likeness (QED) is 0.785. The van der Waals surface area contributed by atoms with E-state index in [9.17, 15) is 18.0 Å². The molecule has 2 rings (SSSR count). The highest BCUT2D eigenvalue weighted by Crippen LogP contribution is 2.34. The van der Waals surface area contributed by atoms with E-state index >= 15 is 0 Å². The van der Waals surface area contributed by atoms with Crippen molar-refractivity contribution in [3.8, 4) is 0 Å². The average Bonchev–Trinajstić information content (AvgIpc) is 2.44. The number of fused-ring (bicyclic) bond motifs is 1. The lowest BCUT2D eigenvalue weighted by Gasteiger charge is -2.29. The van der Waals surface area contributed by atoms with E-state index in [1.165, 1.54) is 4.90 Å². The van der Waals surface area contributed by atoms with Crippen molar-refractivity contribution in [2.75, 3.05) is 18.5 Å². The fourth-order valence-electron chi connectivity index (χ4n) is 2.19. The molecular weight excluding hydrogens is 335 g/mol. The number of carbonyl (C=O) groups excluding carboxylic acids is 1. The molecule has 0 bridgehead atoms. The normalized spacial score (nSPS) is 14.2. The van der Waals surface area contributed by atoms with Crippen molar-refractivity contribution in [2.45, 2.75) is 26.1 Å². The molecule has 1 aliphatic rings. The van der Waals surface area contributed by atoms with Gasteiger partial charge < -0.3 is 20.7 Å². The fraction of sp³-hybridized carbons (Fsp3) is 0.500. The lowest BCUT2D eigenvalue weighted by Crippen LogP contribution is -2.38. The molecule has 1 amide bonds. The SMILES string of the molecule is CCOC(=O)N1CCc2nc(NC(N)=S)nc(C(F)(F)F)c2C1. The Kier molecular flexibility index (Phi) is 4.88. The number of nitrogens with zero attached hydrogens (tertiary/aromatic N) is 3. The van der Waals surface area contributed by atoms with Gasteiger partial charge in [0, 0.05) is 18.5 Å². The van der Waals surface area contributed by atoms with Gasteiger partial charge in [0.25, 0.3) is 0 Å². The van der Waals surface area contributed by atoms with E-state index in [4.69, 9.17) is 10.5 Å². The first-order valence-corrected chi connectivity index (χ1v) is 7.08. The maximum Gasteiger partial charge on any atom is 0.433 e. The third-order valence-electron chi connectivity index (χ3n) is 3.09. The molecule has 126 valence electrons. The second-order valence-corrected chi connectivity index (χ2v) is 5.12. The van der Waals surface area contributed by atoms with Crippen LogP contribution in [-0.2, 0) is 23.9 Å². The maximum absolute atomic E-state index is 13.3. The van der Waals surface area contributed by atoms with Crippen LogP contribution in [0.1, 0.15) is 23.9 Å². The summed E-state index contributed by atoms with van der Waals surface area (Å²) in [5, 5.41) is 2.07. The molecule has 0 unspecified atom stereocenters. The summed E-state index contributed by atoms with van der Waals surface area (Å²) in [6.45, 7) is 1.69. The van der Waals surface area contributed by atoms with Crippen LogP contribution in [-0.4, -0.2) is 39.2 Å². The van der Waals surface area contributed by atoms with Gasteiger partial charge in [0.1, 0.15) is 0 Å². The van der Waals surface area contributed by atoms with Crippen molar-refractivity contribution in [3.05, 3.63) is 17.0 Å². The number of nitrogens with one attached hydrogen (secondary N) is 1. The van der Waals surface area contributed by atoms with Crippen molar-refractivity contribution in [1.82, 2.24) is 14.9 Å². The maximum atomic E-state index is 13.3. The molecule has 2 heterocycles. The van der Waals surface area contributed by atoms with Gasteiger partial charge in [-0.1, -0.05) is 0 Å². The zero-order valence-corrected chi connectivity index (χ0v) is 12.9. The van der Waals surface area contributed by atoms with Crippen LogP contribution in [0.2, 0.25) is 0 Å². The van der Waals surface area contributed by atoms with Gasteiger partial charge in [-0.05, 0) is 19.1 Å². The number of aromatic nitrogens is 2. The molecule has 0 fully saturated rings. The molecule has 3 N–H and O–H groups in total. The molecule has 23 heavy (non-hydrogen) atoms. The average molecular weight is 349 g/mol. The molecule has 1 aliphatic heterocycles. The van der Waals surface area contributed by atoms with Crippen LogP contribution in [0.4, 0.5) is 23.9 Å². The summed E-state index contributed by atoms with van der Waals surface area (Å²) in [4.78, 5) is 20.3. The van der Waals surface area contributed by atoms with Gasteiger partial charge in [0.05, 0.1) is 18.8 Å². The predicted molar refractivity (Wildman–Crippen MR) is 78.6 cm³/mol. The van der Waals surface area contributed by atoms with Gasteiger partial charge >= 0.3 is 12.3 Å². The highest BCUT2D eigenvalue weighted by Gasteiger charge is 2.39. The Labute approximate surface area is 135 Å². The number of halogens is 3. The predicted octanol–water partition coefficient (Wildman–Crippen LogP) is 1.67. The highest BCUT2D eigenvalue weighted by molar-refractivity contribution is 7.80. The van der Waals surface area contributed by atoms with Crippen LogP contribution in [0, 0.1) is 0 Å². The van der Waals surface area contributed by atoms with Crippen molar-refractivity contribution in [2.24, 2.45) is 5.73 Å². The summed E-state index contributed by atoms with van der Waals surface area (Å²) in [6.07, 6.45) is -5.22. The van der Waals surface area contributed by atoms with Crippen LogP contribution in [0.15, 0.2) is 0 Å². The smallest absolute Gasteiger partial charge is 0.433 e. The van der Waals surface area contributed by atoms with Gasteiger partial charge in [-0.15, -0.1) is 0 Å². The molecule has 1 aromatic heterocycles. The highest BCUT2D eigenvalue weighted by atomic mass is 32.1. The van der Waals surface area contributed by atoms with Gasteiger partial charge in [0.15, 0.2) is 10.8 Å². The Morgan fingerprint density at radius 1 is 1.48 bits per heavy atom. The molecule has 0 spiro atoms. The van der Waals surface area contributed by atoms with E-state index in [2.05, 4.69) is 27.5 Å². The number of hydrogen-bond acceptors (Lipinski definition) is 5. The molecule has 1 aromatic rings. The number of ether oxygens (including phenoxy) is 1. The summed E-state index contributed by atoms with van der Waals surface area (Å²) in [6, 6.07) is 0. The standard InChI is InChI=1S/C12H14F3N5O2S/c1-2-22-11(21)20-4-3-7-6(5-20)8(12(13,14)15)18-10(17-7)19-9(16)23/h2-5H2,1H3,(H3,16,17,18,19,23).